The third-order valence-electron chi connectivity index (χ3n) is 4.95. The molecule has 1 aliphatic heterocycles. The third-order valence-corrected chi connectivity index (χ3v) is 4.95. The molecule has 1 aromatic heterocycles. The number of amides is 1. The second kappa shape index (κ2) is 8.34. The molecule has 7 heteroatoms. The molecular formula is C22H20F2N4O. The molecule has 0 aliphatic carbocycles. The van der Waals surface area contributed by atoms with Crippen LogP contribution >= 0.6 is 0 Å². The molecule has 1 N–H and O–H groups in total. The highest BCUT2D eigenvalue weighted by molar-refractivity contribution is 5.93. The Balaban J connectivity index is 1.43. The van der Waals surface area contributed by atoms with Crippen molar-refractivity contribution in [3.8, 4) is 11.1 Å². The van der Waals surface area contributed by atoms with Crippen molar-refractivity contribution in [1.82, 2.24) is 9.97 Å². The highest BCUT2D eigenvalue weighted by Crippen LogP contribution is 2.24. The molecule has 0 saturated carbocycles. The average Bonchev–Trinajstić information content (AvgIpc) is 2.74. The topological polar surface area (TPSA) is 58.1 Å². The maximum Gasteiger partial charge on any atom is 0.229 e. The minimum atomic E-state index is -0.725. The van der Waals surface area contributed by atoms with Gasteiger partial charge in [-0.25, -0.2) is 18.7 Å². The van der Waals surface area contributed by atoms with Crippen LogP contribution in [0.5, 0.6) is 0 Å². The summed E-state index contributed by atoms with van der Waals surface area (Å²) in [5, 5.41) is 2.61. The molecule has 1 saturated heterocycles. The zero-order valence-electron chi connectivity index (χ0n) is 15.7. The zero-order valence-corrected chi connectivity index (χ0v) is 15.7. The van der Waals surface area contributed by atoms with E-state index in [1.807, 2.05) is 35.2 Å². The van der Waals surface area contributed by atoms with Crippen molar-refractivity contribution >= 4 is 17.5 Å². The minimum absolute atomic E-state index is 0.119. The lowest BCUT2D eigenvalue weighted by atomic mass is 9.97. The van der Waals surface area contributed by atoms with Gasteiger partial charge in [0.2, 0.25) is 11.9 Å². The summed E-state index contributed by atoms with van der Waals surface area (Å²) < 4.78 is 26.7. The molecule has 4 rings (SSSR count). The molecule has 2 aromatic carbocycles. The molecule has 148 valence electrons. The van der Waals surface area contributed by atoms with E-state index in [0.29, 0.717) is 18.9 Å². The molecule has 0 spiro atoms. The minimum Gasteiger partial charge on any atom is -0.340 e. The summed E-state index contributed by atoms with van der Waals surface area (Å²) in [5.74, 6) is -1.46. The van der Waals surface area contributed by atoms with E-state index < -0.39 is 11.6 Å². The quantitative estimate of drug-likeness (QED) is 0.718. The van der Waals surface area contributed by atoms with Crippen molar-refractivity contribution in [3.05, 3.63) is 72.6 Å². The average molecular weight is 394 g/mol. The number of benzene rings is 2. The van der Waals surface area contributed by atoms with E-state index in [9.17, 15) is 13.6 Å². The number of aromatic nitrogens is 2. The Bertz CT molecular complexity index is 975. The number of carbonyl (C=O) groups excluding carboxylic acids is 1. The first-order valence-electron chi connectivity index (χ1n) is 9.48. The molecule has 0 radical (unpaired) electrons. The van der Waals surface area contributed by atoms with Crippen molar-refractivity contribution in [2.45, 2.75) is 12.8 Å². The van der Waals surface area contributed by atoms with Gasteiger partial charge >= 0.3 is 0 Å². The monoisotopic (exact) mass is 394 g/mol. The van der Waals surface area contributed by atoms with Gasteiger partial charge in [0.1, 0.15) is 11.6 Å². The van der Waals surface area contributed by atoms with E-state index in [-0.39, 0.29) is 17.5 Å². The van der Waals surface area contributed by atoms with Crippen LogP contribution in [0.1, 0.15) is 12.8 Å². The Labute approximate surface area is 167 Å². The van der Waals surface area contributed by atoms with Crippen LogP contribution in [0.2, 0.25) is 0 Å². The summed E-state index contributed by atoms with van der Waals surface area (Å²) in [6.07, 6.45) is 5.05. The molecule has 3 aromatic rings. The molecule has 1 fully saturated rings. The number of nitrogens with zero attached hydrogens (tertiary/aromatic N) is 3. The first-order valence-corrected chi connectivity index (χ1v) is 9.48. The van der Waals surface area contributed by atoms with E-state index in [2.05, 4.69) is 15.3 Å². The smallest absolute Gasteiger partial charge is 0.229 e. The molecule has 1 aliphatic rings. The second-order valence-electron chi connectivity index (χ2n) is 7.07. The molecular weight excluding hydrogens is 374 g/mol. The molecule has 1 atom stereocenters. The molecule has 0 unspecified atom stereocenters. The first kappa shape index (κ1) is 19.0. The molecule has 2 heterocycles. The van der Waals surface area contributed by atoms with Gasteiger partial charge in [0, 0.05) is 42.8 Å². The SMILES string of the molecule is O=C(Nc1cc(F)cc(F)c1)[C@H]1CCCN(c2ncc(-c3ccccc3)cn2)C1. The van der Waals surface area contributed by atoms with Crippen LogP contribution < -0.4 is 10.2 Å². The summed E-state index contributed by atoms with van der Waals surface area (Å²) >= 11 is 0. The van der Waals surface area contributed by atoms with Crippen LogP contribution in [-0.4, -0.2) is 29.0 Å². The highest BCUT2D eigenvalue weighted by Gasteiger charge is 2.27. The predicted molar refractivity (Wildman–Crippen MR) is 107 cm³/mol. The number of carbonyl (C=O) groups is 1. The normalized spacial score (nSPS) is 16.5. The van der Waals surface area contributed by atoms with Crippen molar-refractivity contribution in [1.29, 1.82) is 0 Å². The van der Waals surface area contributed by atoms with Crippen LogP contribution in [0.15, 0.2) is 60.9 Å². The Kier molecular flexibility index (Phi) is 5.46. The largest absolute Gasteiger partial charge is 0.340 e. The lowest BCUT2D eigenvalue weighted by molar-refractivity contribution is -0.120. The summed E-state index contributed by atoms with van der Waals surface area (Å²) in [7, 11) is 0. The maximum atomic E-state index is 13.3. The number of halogens is 2. The van der Waals surface area contributed by atoms with Crippen LogP contribution in [0.3, 0.4) is 0 Å². The van der Waals surface area contributed by atoms with Crippen LogP contribution in [-0.2, 0) is 4.79 Å². The van der Waals surface area contributed by atoms with E-state index in [0.717, 1.165) is 42.3 Å². The summed E-state index contributed by atoms with van der Waals surface area (Å²) in [4.78, 5) is 23.5. The van der Waals surface area contributed by atoms with Crippen molar-refractivity contribution in [2.24, 2.45) is 5.92 Å². The standard InChI is InChI=1S/C22H20F2N4O/c23-18-9-19(24)11-20(10-18)27-21(29)16-7-4-8-28(14-16)22-25-12-17(13-26-22)15-5-2-1-3-6-15/h1-3,5-6,9-13,16H,4,7-8,14H2,(H,27,29)/t16-/m0/s1. The van der Waals surface area contributed by atoms with Gasteiger partial charge in [-0.3, -0.25) is 4.79 Å². The summed E-state index contributed by atoms with van der Waals surface area (Å²) in [5.41, 5.74) is 2.08. The van der Waals surface area contributed by atoms with Gasteiger partial charge in [-0.15, -0.1) is 0 Å². The van der Waals surface area contributed by atoms with Crippen LogP contribution in [0, 0.1) is 17.6 Å². The predicted octanol–water partition coefficient (Wildman–Crippen LogP) is 4.28. The number of hydrogen-bond acceptors (Lipinski definition) is 4. The lowest BCUT2D eigenvalue weighted by Gasteiger charge is -2.32. The highest BCUT2D eigenvalue weighted by atomic mass is 19.1. The fourth-order valence-electron chi connectivity index (χ4n) is 3.51. The summed E-state index contributed by atoms with van der Waals surface area (Å²) in [6, 6.07) is 12.8. The Morgan fingerprint density at radius 2 is 1.69 bits per heavy atom. The fourth-order valence-corrected chi connectivity index (χ4v) is 3.51. The van der Waals surface area contributed by atoms with Gasteiger partial charge < -0.3 is 10.2 Å². The number of piperidine rings is 1. The van der Waals surface area contributed by atoms with Crippen LogP contribution in [0.25, 0.3) is 11.1 Å². The van der Waals surface area contributed by atoms with Crippen molar-refractivity contribution in [2.75, 3.05) is 23.3 Å². The van der Waals surface area contributed by atoms with E-state index in [1.54, 1.807) is 12.4 Å². The summed E-state index contributed by atoms with van der Waals surface area (Å²) in [6.45, 7) is 1.21. The van der Waals surface area contributed by atoms with Crippen molar-refractivity contribution in [3.63, 3.8) is 0 Å². The molecule has 1 amide bonds. The first-order chi connectivity index (χ1) is 14.1. The molecule has 29 heavy (non-hydrogen) atoms. The van der Waals surface area contributed by atoms with Gasteiger partial charge in [0.15, 0.2) is 0 Å². The Morgan fingerprint density at radius 1 is 1.00 bits per heavy atom. The van der Waals surface area contributed by atoms with Crippen molar-refractivity contribution < 1.29 is 13.6 Å². The van der Waals surface area contributed by atoms with Gasteiger partial charge in [0.25, 0.3) is 0 Å². The number of nitrogens with one attached hydrogen (secondary N) is 1. The number of hydrogen-bond donors (Lipinski definition) is 1. The van der Waals surface area contributed by atoms with E-state index in [4.69, 9.17) is 0 Å². The number of anilines is 2. The maximum absolute atomic E-state index is 13.3. The van der Waals surface area contributed by atoms with Crippen LogP contribution in [0.4, 0.5) is 20.4 Å². The van der Waals surface area contributed by atoms with Gasteiger partial charge in [0.05, 0.1) is 5.92 Å². The fraction of sp³-hybridized carbons (Fsp3) is 0.227. The third kappa shape index (κ3) is 4.56. The second-order valence-corrected chi connectivity index (χ2v) is 7.07. The molecule has 0 bridgehead atoms. The lowest BCUT2D eigenvalue weighted by Crippen LogP contribution is -2.41. The molecule has 5 nitrogen and oxygen atoms in total. The zero-order chi connectivity index (χ0) is 20.2. The number of rotatable bonds is 4. The Morgan fingerprint density at radius 3 is 2.38 bits per heavy atom. The van der Waals surface area contributed by atoms with Gasteiger partial charge in [-0.1, -0.05) is 30.3 Å². The van der Waals surface area contributed by atoms with E-state index >= 15 is 0 Å². The van der Waals surface area contributed by atoms with Gasteiger partial charge in [-0.2, -0.15) is 0 Å². The Hall–Kier alpha value is -3.35. The van der Waals surface area contributed by atoms with E-state index in [1.165, 1.54) is 0 Å². The van der Waals surface area contributed by atoms with Gasteiger partial charge in [-0.05, 0) is 30.5 Å².